The van der Waals surface area contributed by atoms with Gasteiger partial charge in [0.1, 0.15) is 11.9 Å². The number of allylic oxidation sites excluding steroid dienone is 1. The molecule has 0 N–H and O–H groups in total. The van der Waals surface area contributed by atoms with E-state index in [-0.39, 0.29) is 29.3 Å². The van der Waals surface area contributed by atoms with Gasteiger partial charge in [-0.15, -0.1) is 23.2 Å². The van der Waals surface area contributed by atoms with E-state index in [0.29, 0.717) is 35.3 Å². The molecule has 0 amide bonds. The van der Waals surface area contributed by atoms with E-state index in [1.54, 1.807) is 0 Å². The molecule has 5 rings (SSSR count). The number of anilines is 1. The molecule has 37 heavy (non-hydrogen) atoms. The highest BCUT2D eigenvalue weighted by Crippen LogP contribution is 2.64. The van der Waals surface area contributed by atoms with E-state index >= 15 is 0 Å². The van der Waals surface area contributed by atoms with Gasteiger partial charge >= 0.3 is 5.97 Å². The predicted molar refractivity (Wildman–Crippen MR) is 150 cm³/mol. The van der Waals surface area contributed by atoms with Gasteiger partial charge in [-0.05, 0) is 79.4 Å². The topological polar surface area (TPSA) is 46.6 Å². The van der Waals surface area contributed by atoms with E-state index in [4.69, 9.17) is 27.9 Å². The average molecular weight is 547 g/mol. The van der Waals surface area contributed by atoms with Crippen molar-refractivity contribution >= 4 is 40.6 Å². The van der Waals surface area contributed by atoms with Gasteiger partial charge in [-0.25, -0.2) is 0 Å². The zero-order valence-electron chi connectivity index (χ0n) is 22.3. The maximum Gasteiger partial charge on any atom is 0.310 e. The third-order valence-electron chi connectivity index (χ3n) is 10.4. The molecule has 0 heterocycles. The minimum absolute atomic E-state index is 0.0347. The number of esters is 1. The van der Waals surface area contributed by atoms with E-state index < -0.39 is 0 Å². The van der Waals surface area contributed by atoms with Gasteiger partial charge in [-0.2, -0.15) is 0 Å². The van der Waals surface area contributed by atoms with Gasteiger partial charge in [0.25, 0.3) is 0 Å². The quantitative estimate of drug-likeness (QED) is 0.201. The molecular weight excluding hydrogens is 505 g/mol. The van der Waals surface area contributed by atoms with E-state index in [0.717, 1.165) is 75.7 Å². The zero-order valence-corrected chi connectivity index (χ0v) is 23.8. The summed E-state index contributed by atoms with van der Waals surface area (Å²) >= 11 is 11.9. The van der Waals surface area contributed by atoms with Gasteiger partial charge < -0.3 is 9.64 Å². The molecular formula is C31H41Cl2NO3. The number of halogens is 2. The number of alkyl halides is 2. The Morgan fingerprint density at radius 2 is 1.68 bits per heavy atom. The molecule has 0 unspecified atom stereocenters. The predicted octanol–water partition coefficient (Wildman–Crippen LogP) is 6.96. The molecule has 6 atom stereocenters. The first-order chi connectivity index (χ1) is 17.8. The molecule has 0 saturated heterocycles. The number of ether oxygens (including phenoxy) is 1. The number of hydrogen-bond acceptors (Lipinski definition) is 4. The van der Waals surface area contributed by atoms with Crippen LogP contribution in [0.3, 0.4) is 0 Å². The molecule has 3 saturated carbocycles. The van der Waals surface area contributed by atoms with Crippen LogP contribution in [-0.2, 0) is 20.7 Å². The fraction of sp³-hybridized carbons (Fsp3) is 0.677. The number of fused-ring (bicyclic) bond motifs is 5. The second kappa shape index (κ2) is 10.9. The zero-order chi connectivity index (χ0) is 26.2. The van der Waals surface area contributed by atoms with Gasteiger partial charge in [-0.1, -0.05) is 37.6 Å². The summed E-state index contributed by atoms with van der Waals surface area (Å²) in [4.78, 5) is 27.7. The van der Waals surface area contributed by atoms with Crippen LogP contribution < -0.4 is 4.90 Å². The van der Waals surface area contributed by atoms with Crippen molar-refractivity contribution < 1.29 is 14.3 Å². The van der Waals surface area contributed by atoms with Gasteiger partial charge in [0.15, 0.2) is 0 Å². The Morgan fingerprint density at radius 1 is 1.00 bits per heavy atom. The van der Waals surface area contributed by atoms with Crippen LogP contribution in [0.15, 0.2) is 35.9 Å². The Labute approximate surface area is 232 Å². The van der Waals surface area contributed by atoms with Crippen LogP contribution in [0, 0.1) is 28.6 Å². The molecule has 0 bridgehead atoms. The fourth-order valence-corrected chi connectivity index (χ4v) is 8.70. The maximum atomic E-state index is 12.8. The lowest BCUT2D eigenvalue weighted by Gasteiger charge is -2.56. The summed E-state index contributed by atoms with van der Waals surface area (Å²) in [7, 11) is 0. The average Bonchev–Trinajstić information content (AvgIpc) is 3.19. The van der Waals surface area contributed by atoms with Crippen molar-refractivity contribution in [2.45, 2.75) is 77.7 Å². The first-order valence-electron chi connectivity index (χ1n) is 14.2. The number of hydrogen-bond donors (Lipinski definition) is 0. The molecule has 0 radical (unpaired) electrons. The molecule has 3 fully saturated rings. The van der Waals surface area contributed by atoms with Crippen molar-refractivity contribution in [1.29, 1.82) is 0 Å². The molecule has 0 aromatic heterocycles. The lowest BCUT2D eigenvalue weighted by molar-refractivity contribution is -0.150. The lowest BCUT2D eigenvalue weighted by Crippen LogP contribution is -2.50. The number of Topliss-reactive ketones (excluding diaryl/α,β-unsaturated/α-hetero) is 1. The number of carbonyl (C=O) groups is 2. The summed E-state index contributed by atoms with van der Waals surface area (Å²) in [6, 6.07) is 8.06. The summed E-state index contributed by atoms with van der Waals surface area (Å²) in [5, 5.41) is 0. The highest BCUT2D eigenvalue weighted by molar-refractivity contribution is 6.18. The van der Waals surface area contributed by atoms with Gasteiger partial charge in [0.2, 0.25) is 0 Å². The van der Waals surface area contributed by atoms with Crippen LogP contribution in [0.5, 0.6) is 0 Å². The monoisotopic (exact) mass is 545 g/mol. The van der Waals surface area contributed by atoms with Crippen molar-refractivity contribution in [3.05, 3.63) is 41.5 Å². The Hall–Kier alpha value is -1.52. The number of ketones is 1. The van der Waals surface area contributed by atoms with Crippen molar-refractivity contribution in [2.75, 3.05) is 29.7 Å². The minimum atomic E-state index is -0.146. The molecule has 0 aliphatic heterocycles. The molecule has 4 aliphatic carbocycles. The minimum Gasteiger partial charge on any atom is -0.462 e. The first-order valence-corrected chi connectivity index (χ1v) is 15.2. The molecule has 4 aliphatic rings. The van der Waals surface area contributed by atoms with E-state index in [9.17, 15) is 9.59 Å². The molecule has 1 aromatic rings. The fourth-order valence-electron chi connectivity index (χ4n) is 8.29. The highest BCUT2D eigenvalue weighted by Gasteiger charge is 2.58. The highest BCUT2D eigenvalue weighted by atomic mass is 35.5. The smallest absolute Gasteiger partial charge is 0.310 e. The van der Waals surface area contributed by atoms with Crippen molar-refractivity contribution in [3.63, 3.8) is 0 Å². The summed E-state index contributed by atoms with van der Waals surface area (Å²) in [6.07, 6.45) is 10.7. The van der Waals surface area contributed by atoms with Crippen LogP contribution in [-0.4, -0.2) is 42.7 Å². The van der Waals surface area contributed by atoms with Crippen LogP contribution in [0.1, 0.15) is 70.8 Å². The largest absolute Gasteiger partial charge is 0.462 e. The molecule has 4 nitrogen and oxygen atoms in total. The van der Waals surface area contributed by atoms with Crippen LogP contribution >= 0.6 is 23.2 Å². The van der Waals surface area contributed by atoms with Crippen molar-refractivity contribution in [2.24, 2.45) is 28.6 Å². The molecule has 202 valence electrons. The molecule has 1 aromatic carbocycles. The Morgan fingerprint density at radius 3 is 2.38 bits per heavy atom. The third kappa shape index (κ3) is 5.10. The normalized spacial score (nSPS) is 34.7. The number of carbonyl (C=O) groups excluding carboxylic acids is 2. The second-order valence-corrected chi connectivity index (χ2v) is 13.0. The van der Waals surface area contributed by atoms with Crippen LogP contribution in [0.25, 0.3) is 0 Å². The van der Waals surface area contributed by atoms with Crippen LogP contribution in [0.4, 0.5) is 5.69 Å². The summed E-state index contributed by atoms with van der Waals surface area (Å²) in [5.74, 6) is 3.28. The Bertz CT molecular complexity index is 1030. The van der Waals surface area contributed by atoms with Crippen molar-refractivity contribution in [3.8, 4) is 0 Å². The Kier molecular flexibility index (Phi) is 7.99. The number of rotatable bonds is 8. The number of benzene rings is 1. The van der Waals surface area contributed by atoms with Crippen molar-refractivity contribution in [1.82, 2.24) is 0 Å². The van der Waals surface area contributed by atoms with E-state index in [1.165, 1.54) is 5.57 Å². The first kappa shape index (κ1) is 27.1. The van der Waals surface area contributed by atoms with E-state index in [1.807, 2.05) is 24.3 Å². The number of nitrogens with zero attached hydrogens (tertiary/aromatic N) is 1. The van der Waals surface area contributed by atoms with E-state index in [2.05, 4.69) is 24.8 Å². The SMILES string of the molecule is C[C@]12CC[C@H](OC(=O)Cc3ccc(N(CCCl)CCCl)cc3)CC1=CC[C@@H]1[C@@H]2CC[C@]2(C)C(=O)CC[C@@H]12. The van der Waals surface area contributed by atoms with Crippen LogP contribution in [0.2, 0.25) is 0 Å². The maximum absolute atomic E-state index is 12.8. The summed E-state index contributed by atoms with van der Waals surface area (Å²) in [6.45, 7) is 6.18. The second-order valence-electron chi connectivity index (χ2n) is 12.2. The summed E-state index contributed by atoms with van der Waals surface area (Å²) < 4.78 is 6.01. The van der Waals surface area contributed by atoms with Gasteiger partial charge in [-0.3, -0.25) is 9.59 Å². The van der Waals surface area contributed by atoms with Gasteiger partial charge in [0, 0.05) is 48.8 Å². The lowest BCUT2D eigenvalue weighted by atomic mass is 9.48. The Balaban J connectivity index is 1.19. The standard InChI is InChI=1S/C31H41Cl2NO3/c1-30-13-11-24(37-29(36)19-21-3-6-23(7-4-21)34(17-15-32)18-16-33)20-22(30)5-8-25-26-9-10-28(35)31(26,2)14-12-27(25)30/h3-7,24-27H,8-20H2,1-2H3/t24-,25-,26-,27-,30-,31-/m0/s1. The molecule has 6 heteroatoms. The third-order valence-corrected chi connectivity index (χ3v) is 10.8. The summed E-state index contributed by atoms with van der Waals surface area (Å²) in [5.41, 5.74) is 3.63. The van der Waals surface area contributed by atoms with Gasteiger partial charge in [0.05, 0.1) is 6.42 Å². The molecule has 0 spiro atoms.